The fraction of sp³-hybridized carbons (Fsp3) is 0.355. The van der Waals surface area contributed by atoms with Crippen LogP contribution in [0.3, 0.4) is 0 Å². The Morgan fingerprint density at radius 3 is 2.12 bits per heavy atom. The molecule has 0 fully saturated rings. The molecule has 1 atom stereocenters. The van der Waals surface area contributed by atoms with E-state index >= 15 is 0 Å². The minimum atomic E-state index is -4.14. The number of aryl methyl sites for hydroxylation is 2. The molecule has 3 rings (SSSR count). The molecule has 0 bridgehead atoms. The Labute approximate surface area is 243 Å². The van der Waals surface area contributed by atoms with Crippen molar-refractivity contribution in [3.63, 3.8) is 0 Å². The zero-order valence-electron chi connectivity index (χ0n) is 23.9. The molecule has 0 radical (unpaired) electrons. The molecule has 2 amide bonds. The maximum atomic E-state index is 14.1. The van der Waals surface area contributed by atoms with E-state index < -0.39 is 34.1 Å². The van der Waals surface area contributed by atoms with E-state index in [0.29, 0.717) is 22.7 Å². The van der Waals surface area contributed by atoms with Crippen molar-refractivity contribution in [2.45, 2.75) is 71.0 Å². The quantitative estimate of drug-likeness (QED) is 0.323. The second-order valence-corrected chi connectivity index (χ2v) is 13.2. The first-order valence-corrected chi connectivity index (χ1v) is 15.1. The van der Waals surface area contributed by atoms with Crippen LogP contribution in [0.2, 0.25) is 5.02 Å². The first-order valence-electron chi connectivity index (χ1n) is 13.2. The zero-order valence-corrected chi connectivity index (χ0v) is 25.5. The summed E-state index contributed by atoms with van der Waals surface area (Å²) in [6.07, 6.45) is 0.352. The maximum absolute atomic E-state index is 14.1. The van der Waals surface area contributed by atoms with Gasteiger partial charge in [0.15, 0.2) is 0 Å². The van der Waals surface area contributed by atoms with Gasteiger partial charge in [-0.25, -0.2) is 8.42 Å². The smallest absolute Gasteiger partial charge is 0.264 e. The van der Waals surface area contributed by atoms with Crippen molar-refractivity contribution >= 4 is 39.1 Å². The fourth-order valence-corrected chi connectivity index (χ4v) is 6.12. The van der Waals surface area contributed by atoms with Crippen LogP contribution in [-0.4, -0.2) is 43.3 Å². The molecular formula is C31H38ClN3O4S. The molecule has 0 saturated heterocycles. The number of hydrogen-bond acceptors (Lipinski definition) is 4. The van der Waals surface area contributed by atoms with E-state index in [0.717, 1.165) is 15.4 Å². The number of nitrogens with zero attached hydrogens (tertiary/aromatic N) is 2. The Balaban J connectivity index is 2.09. The lowest BCUT2D eigenvalue weighted by atomic mass is 10.1. The van der Waals surface area contributed by atoms with Gasteiger partial charge in [-0.15, -0.1) is 0 Å². The largest absolute Gasteiger partial charge is 0.350 e. The van der Waals surface area contributed by atoms with Gasteiger partial charge in [0.1, 0.15) is 12.6 Å². The van der Waals surface area contributed by atoms with Gasteiger partial charge in [-0.1, -0.05) is 66.6 Å². The van der Waals surface area contributed by atoms with E-state index in [4.69, 9.17) is 11.6 Å². The molecule has 40 heavy (non-hydrogen) atoms. The van der Waals surface area contributed by atoms with Crippen LogP contribution in [0, 0.1) is 13.8 Å². The molecule has 0 aliphatic heterocycles. The van der Waals surface area contributed by atoms with Gasteiger partial charge < -0.3 is 10.2 Å². The first-order chi connectivity index (χ1) is 18.7. The zero-order chi connectivity index (χ0) is 29.7. The molecular weight excluding hydrogens is 546 g/mol. The third-order valence-electron chi connectivity index (χ3n) is 6.40. The number of rotatable bonds is 10. The molecule has 214 valence electrons. The van der Waals surface area contributed by atoms with Crippen molar-refractivity contribution in [2.75, 3.05) is 10.8 Å². The molecule has 0 aliphatic rings. The van der Waals surface area contributed by atoms with Crippen LogP contribution >= 0.6 is 11.6 Å². The summed E-state index contributed by atoms with van der Waals surface area (Å²) >= 11 is 6.17. The highest BCUT2D eigenvalue weighted by Crippen LogP contribution is 2.29. The molecule has 3 aromatic rings. The molecule has 9 heteroatoms. The predicted molar refractivity (Wildman–Crippen MR) is 161 cm³/mol. The Morgan fingerprint density at radius 1 is 0.950 bits per heavy atom. The molecule has 0 aliphatic carbocycles. The van der Waals surface area contributed by atoms with Gasteiger partial charge in [0.05, 0.1) is 10.6 Å². The lowest BCUT2D eigenvalue weighted by Gasteiger charge is -2.35. The second-order valence-electron chi connectivity index (χ2n) is 10.9. The molecule has 1 unspecified atom stereocenters. The summed E-state index contributed by atoms with van der Waals surface area (Å²) in [5, 5.41) is 3.43. The van der Waals surface area contributed by atoms with Crippen molar-refractivity contribution in [3.05, 3.63) is 94.5 Å². The highest BCUT2D eigenvalue weighted by molar-refractivity contribution is 7.92. The van der Waals surface area contributed by atoms with Crippen LogP contribution in [-0.2, 0) is 26.2 Å². The van der Waals surface area contributed by atoms with Gasteiger partial charge in [0, 0.05) is 17.1 Å². The number of halogens is 1. The third kappa shape index (κ3) is 7.86. The minimum Gasteiger partial charge on any atom is -0.350 e. The Morgan fingerprint density at radius 2 is 1.57 bits per heavy atom. The summed E-state index contributed by atoms with van der Waals surface area (Å²) in [4.78, 5) is 29.1. The summed E-state index contributed by atoms with van der Waals surface area (Å²) in [6, 6.07) is 19.7. The normalized spacial score (nSPS) is 12.5. The van der Waals surface area contributed by atoms with Crippen LogP contribution in [0.5, 0.6) is 0 Å². The Bertz CT molecular complexity index is 1440. The van der Waals surface area contributed by atoms with Crippen molar-refractivity contribution in [1.82, 2.24) is 10.2 Å². The highest BCUT2D eigenvalue weighted by atomic mass is 35.5. The van der Waals surface area contributed by atoms with Gasteiger partial charge in [0.25, 0.3) is 10.0 Å². The van der Waals surface area contributed by atoms with Crippen LogP contribution < -0.4 is 9.62 Å². The van der Waals surface area contributed by atoms with E-state index in [1.54, 1.807) is 43.3 Å². The van der Waals surface area contributed by atoms with Crippen molar-refractivity contribution in [2.24, 2.45) is 0 Å². The number of benzene rings is 3. The second kappa shape index (κ2) is 12.9. The van der Waals surface area contributed by atoms with E-state index in [2.05, 4.69) is 5.32 Å². The molecule has 0 saturated carbocycles. The molecule has 7 nitrogen and oxygen atoms in total. The first kappa shape index (κ1) is 31.2. The summed E-state index contributed by atoms with van der Waals surface area (Å²) in [6.45, 7) is 10.8. The van der Waals surface area contributed by atoms with Gasteiger partial charge in [0.2, 0.25) is 11.8 Å². The van der Waals surface area contributed by atoms with Crippen LogP contribution in [0.25, 0.3) is 0 Å². The van der Waals surface area contributed by atoms with Crippen LogP contribution in [0.4, 0.5) is 5.69 Å². The van der Waals surface area contributed by atoms with Gasteiger partial charge >= 0.3 is 0 Å². The van der Waals surface area contributed by atoms with Crippen LogP contribution in [0.15, 0.2) is 77.7 Å². The molecule has 0 heterocycles. The molecule has 0 spiro atoms. The predicted octanol–water partition coefficient (Wildman–Crippen LogP) is 5.87. The summed E-state index contributed by atoms with van der Waals surface area (Å²) in [5.41, 5.74) is 2.33. The summed E-state index contributed by atoms with van der Waals surface area (Å²) < 4.78 is 29.0. The number of sulfonamides is 1. The molecule has 1 N–H and O–H groups in total. The maximum Gasteiger partial charge on any atom is 0.264 e. The van der Waals surface area contributed by atoms with Gasteiger partial charge in [-0.05, 0) is 82.5 Å². The molecule has 3 aromatic carbocycles. The minimum absolute atomic E-state index is 0.0553. The number of carbonyl (C=O) groups is 2. The average molecular weight is 584 g/mol. The highest BCUT2D eigenvalue weighted by Gasteiger charge is 2.35. The monoisotopic (exact) mass is 583 g/mol. The van der Waals surface area contributed by atoms with E-state index in [1.165, 1.54) is 17.0 Å². The van der Waals surface area contributed by atoms with E-state index in [1.807, 2.05) is 58.9 Å². The third-order valence-corrected chi connectivity index (χ3v) is 8.40. The average Bonchev–Trinajstić information content (AvgIpc) is 2.88. The van der Waals surface area contributed by atoms with Crippen molar-refractivity contribution in [1.29, 1.82) is 0 Å². The number of anilines is 1. The number of hydrogen-bond donors (Lipinski definition) is 1. The Hall–Kier alpha value is -3.36. The lowest BCUT2D eigenvalue weighted by molar-refractivity contribution is -0.141. The fourth-order valence-electron chi connectivity index (χ4n) is 4.39. The van der Waals surface area contributed by atoms with Crippen molar-refractivity contribution in [3.8, 4) is 0 Å². The Kier molecular flexibility index (Phi) is 10.0. The number of carbonyl (C=O) groups excluding carboxylic acids is 2. The SMILES string of the molecule is CCC(C(=O)NC(C)(C)C)N(Cc1ccc(C)cc1)C(=O)CN(c1ccc(Cl)cc1C)S(=O)(=O)c1ccccc1. The van der Waals surface area contributed by atoms with Gasteiger partial charge in [-0.2, -0.15) is 0 Å². The standard InChI is InChI=1S/C31H38ClN3O4S/c1-7-27(30(37)33-31(4,5)6)34(20-24-15-13-22(2)14-16-24)29(36)21-35(28-18-17-25(32)19-23(28)3)40(38,39)26-11-9-8-10-12-26/h8-19,27H,7,20-21H2,1-6H3,(H,33,37). The lowest BCUT2D eigenvalue weighted by Crippen LogP contribution is -2.55. The summed E-state index contributed by atoms with van der Waals surface area (Å²) in [7, 11) is -4.14. The topological polar surface area (TPSA) is 86.8 Å². The number of amides is 2. The molecule has 0 aromatic heterocycles. The van der Waals surface area contributed by atoms with E-state index in [9.17, 15) is 18.0 Å². The number of nitrogens with one attached hydrogen (secondary N) is 1. The van der Waals surface area contributed by atoms with Crippen LogP contribution in [0.1, 0.15) is 50.8 Å². The summed E-state index contributed by atoms with van der Waals surface area (Å²) in [5.74, 6) is -0.791. The van der Waals surface area contributed by atoms with E-state index in [-0.39, 0.29) is 17.3 Å². The van der Waals surface area contributed by atoms with Gasteiger partial charge in [-0.3, -0.25) is 13.9 Å². The van der Waals surface area contributed by atoms with Crippen molar-refractivity contribution < 1.29 is 18.0 Å².